The van der Waals surface area contributed by atoms with E-state index in [-0.39, 0.29) is 0 Å². The van der Waals surface area contributed by atoms with Crippen molar-refractivity contribution in [2.45, 2.75) is 26.5 Å². The predicted molar refractivity (Wildman–Crippen MR) is 118 cm³/mol. The number of halogens is 2. The van der Waals surface area contributed by atoms with E-state index in [1.54, 1.807) is 12.3 Å². The molecule has 0 aliphatic heterocycles. The van der Waals surface area contributed by atoms with E-state index >= 15 is 0 Å². The number of nitrogens with one attached hydrogen (secondary N) is 1. The van der Waals surface area contributed by atoms with Crippen LogP contribution in [0.2, 0.25) is 10.0 Å². The Bertz CT molecular complexity index is 903. The molecule has 1 aromatic heterocycles. The number of hydrogen-bond donors (Lipinski definition) is 1. The minimum Gasteiger partial charge on any atom is -0.487 e. The average Bonchev–Trinajstić information content (AvgIpc) is 2.72. The fourth-order valence-corrected chi connectivity index (χ4v) is 3.37. The summed E-state index contributed by atoms with van der Waals surface area (Å²) < 4.78 is 11.6. The van der Waals surface area contributed by atoms with Crippen LogP contribution in [0.4, 0.5) is 0 Å². The number of hydrogen-bond acceptors (Lipinski definition) is 4. The van der Waals surface area contributed by atoms with Crippen LogP contribution in [0.15, 0.2) is 60.8 Å². The van der Waals surface area contributed by atoms with Crippen LogP contribution in [0.1, 0.15) is 23.1 Å². The van der Waals surface area contributed by atoms with E-state index in [2.05, 4.69) is 41.5 Å². The smallest absolute Gasteiger partial charge is 0.213 e. The number of aryl methyl sites for hydroxylation is 1. The maximum Gasteiger partial charge on any atom is 0.213 e. The summed E-state index contributed by atoms with van der Waals surface area (Å²) >= 11 is 12.6. The second-order valence-electron chi connectivity index (χ2n) is 6.70. The van der Waals surface area contributed by atoms with Gasteiger partial charge < -0.3 is 14.8 Å². The van der Waals surface area contributed by atoms with Crippen molar-refractivity contribution >= 4 is 23.2 Å². The lowest BCUT2D eigenvalue weighted by molar-refractivity contribution is 0.294. The monoisotopic (exact) mass is 430 g/mol. The van der Waals surface area contributed by atoms with Crippen molar-refractivity contribution in [2.24, 2.45) is 0 Å². The van der Waals surface area contributed by atoms with E-state index in [0.29, 0.717) is 41.4 Å². The van der Waals surface area contributed by atoms with Gasteiger partial charge in [-0.2, -0.15) is 0 Å². The lowest BCUT2D eigenvalue weighted by Crippen LogP contribution is -2.18. The number of rotatable bonds is 10. The van der Waals surface area contributed by atoms with Crippen LogP contribution < -0.4 is 14.8 Å². The topological polar surface area (TPSA) is 43.4 Å². The number of nitrogens with zero attached hydrogens (tertiary/aromatic N) is 1. The molecular weight excluding hydrogens is 407 g/mol. The summed E-state index contributed by atoms with van der Waals surface area (Å²) in [7, 11) is 0. The van der Waals surface area contributed by atoms with Crippen molar-refractivity contribution in [1.29, 1.82) is 0 Å². The second kappa shape index (κ2) is 11.1. The van der Waals surface area contributed by atoms with E-state index in [1.165, 1.54) is 5.56 Å². The van der Waals surface area contributed by atoms with Gasteiger partial charge in [0, 0.05) is 29.4 Å². The number of ether oxygens (including phenoxy) is 2. The minimum atomic E-state index is 0.451. The summed E-state index contributed by atoms with van der Waals surface area (Å²) in [4.78, 5) is 4.14. The van der Waals surface area contributed by atoms with Gasteiger partial charge in [0.05, 0.1) is 11.6 Å². The van der Waals surface area contributed by atoms with Gasteiger partial charge in [-0.05, 0) is 43.7 Å². The zero-order valence-corrected chi connectivity index (χ0v) is 17.8. The van der Waals surface area contributed by atoms with Crippen molar-refractivity contribution in [2.75, 3.05) is 13.2 Å². The Labute approximate surface area is 181 Å². The molecule has 0 unspecified atom stereocenters. The first-order valence-corrected chi connectivity index (χ1v) is 10.3. The second-order valence-corrected chi connectivity index (χ2v) is 7.54. The van der Waals surface area contributed by atoms with Gasteiger partial charge in [0.25, 0.3) is 0 Å². The van der Waals surface area contributed by atoms with E-state index in [4.69, 9.17) is 32.7 Å². The Morgan fingerprint density at radius 1 is 1.00 bits per heavy atom. The highest BCUT2D eigenvalue weighted by Crippen LogP contribution is 2.33. The van der Waals surface area contributed by atoms with Crippen LogP contribution in [-0.2, 0) is 13.2 Å². The Kier molecular flexibility index (Phi) is 8.17. The molecule has 0 aliphatic carbocycles. The van der Waals surface area contributed by atoms with Crippen molar-refractivity contribution < 1.29 is 9.47 Å². The molecule has 0 bridgehead atoms. The molecule has 0 aliphatic rings. The van der Waals surface area contributed by atoms with Crippen LogP contribution in [0.25, 0.3) is 0 Å². The van der Waals surface area contributed by atoms with Gasteiger partial charge >= 0.3 is 0 Å². The van der Waals surface area contributed by atoms with Crippen molar-refractivity contribution in [1.82, 2.24) is 10.3 Å². The molecular formula is C23H24Cl2N2O2. The molecule has 4 nitrogen and oxygen atoms in total. The van der Waals surface area contributed by atoms with Crippen molar-refractivity contribution in [3.05, 3.63) is 87.5 Å². The van der Waals surface area contributed by atoms with Crippen molar-refractivity contribution in [3.63, 3.8) is 0 Å². The predicted octanol–water partition coefficient (Wildman–Crippen LogP) is 5.83. The highest BCUT2D eigenvalue weighted by atomic mass is 35.5. The highest BCUT2D eigenvalue weighted by molar-refractivity contribution is 6.35. The summed E-state index contributed by atoms with van der Waals surface area (Å²) in [6.45, 7) is 4.50. The van der Waals surface area contributed by atoms with E-state index in [9.17, 15) is 0 Å². The molecule has 1 heterocycles. The highest BCUT2D eigenvalue weighted by Gasteiger charge is 2.11. The lowest BCUT2D eigenvalue weighted by atomic mass is 10.1. The maximum atomic E-state index is 6.39. The number of aromatic nitrogens is 1. The summed E-state index contributed by atoms with van der Waals surface area (Å²) in [5.74, 6) is 1.30. The minimum absolute atomic E-state index is 0.451. The maximum absolute atomic E-state index is 6.39. The van der Waals surface area contributed by atoms with Crippen molar-refractivity contribution in [3.8, 4) is 11.6 Å². The van der Waals surface area contributed by atoms with E-state index in [0.717, 1.165) is 24.1 Å². The fourth-order valence-electron chi connectivity index (χ4n) is 2.78. The summed E-state index contributed by atoms with van der Waals surface area (Å²) in [5.41, 5.74) is 3.24. The molecule has 2 aromatic carbocycles. The van der Waals surface area contributed by atoms with Gasteiger partial charge in [-0.25, -0.2) is 4.98 Å². The van der Waals surface area contributed by atoms with E-state index in [1.807, 2.05) is 24.3 Å². The third-order valence-electron chi connectivity index (χ3n) is 4.29. The SMILES string of the molecule is Cc1ccc(COc2c(Cl)cc(Cl)cc2CNCCCOc2ccccn2)cc1. The zero-order chi connectivity index (χ0) is 20.5. The summed E-state index contributed by atoms with van der Waals surface area (Å²) in [6, 6.07) is 17.4. The zero-order valence-electron chi connectivity index (χ0n) is 16.3. The molecule has 0 fully saturated rings. The molecule has 3 aromatic rings. The Balaban J connectivity index is 1.50. The Morgan fingerprint density at radius 2 is 1.83 bits per heavy atom. The number of pyridine rings is 1. The van der Waals surface area contributed by atoms with Gasteiger partial charge in [0.2, 0.25) is 5.88 Å². The first-order chi connectivity index (χ1) is 14.1. The normalized spacial score (nSPS) is 10.7. The van der Waals surface area contributed by atoms with Gasteiger partial charge in [0.1, 0.15) is 12.4 Å². The van der Waals surface area contributed by atoms with Crippen LogP contribution in [0.5, 0.6) is 11.6 Å². The first-order valence-electron chi connectivity index (χ1n) is 9.52. The van der Waals surface area contributed by atoms with Crippen LogP contribution in [-0.4, -0.2) is 18.1 Å². The molecule has 0 amide bonds. The van der Waals surface area contributed by atoms with Crippen LogP contribution in [0.3, 0.4) is 0 Å². The molecule has 0 spiro atoms. The summed E-state index contributed by atoms with van der Waals surface area (Å²) in [6.07, 6.45) is 2.57. The molecule has 0 atom stereocenters. The Morgan fingerprint density at radius 3 is 2.59 bits per heavy atom. The summed E-state index contributed by atoms with van der Waals surface area (Å²) in [5, 5.41) is 4.50. The third-order valence-corrected chi connectivity index (χ3v) is 4.79. The molecule has 0 radical (unpaired) electrons. The van der Waals surface area contributed by atoms with Gasteiger partial charge in [-0.3, -0.25) is 0 Å². The Hall–Kier alpha value is -2.27. The molecule has 6 heteroatoms. The van der Waals surface area contributed by atoms with Crippen LogP contribution >= 0.6 is 23.2 Å². The molecule has 152 valence electrons. The quantitative estimate of drug-likeness (QED) is 0.410. The lowest BCUT2D eigenvalue weighted by Gasteiger charge is -2.15. The van der Waals surface area contributed by atoms with Crippen LogP contribution in [0, 0.1) is 6.92 Å². The first kappa shape index (κ1) is 21.4. The third kappa shape index (κ3) is 6.93. The van der Waals surface area contributed by atoms with Gasteiger partial charge in [-0.1, -0.05) is 59.1 Å². The average molecular weight is 431 g/mol. The van der Waals surface area contributed by atoms with E-state index < -0.39 is 0 Å². The molecule has 29 heavy (non-hydrogen) atoms. The number of benzene rings is 2. The standard InChI is InChI=1S/C23H24Cl2N2O2/c1-17-6-8-18(9-7-17)16-29-23-19(13-20(24)14-21(23)25)15-26-10-4-12-28-22-5-2-3-11-27-22/h2-3,5-9,11,13-14,26H,4,10,12,15-16H2,1H3. The fraction of sp³-hybridized carbons (Fsp3) is 0.261. The largest absolute Gasteiger partial charge is 0.487 e. The van der Waals surface area contributed by atoms with Gasteiger partial charge in [-0.15, -0.1) is 0 Å². The molecule has 0 saturated heterocycles. The molecule has 3 rings (SSSR count). The molecule has 1 N–H and O–H groups in total. The molecule has 0 saturated carbocycles. The van der Waals surface area contributed by atoms with Gasteiger partial charge in [0.15, 0.2) is 0 Å².